The third kappa shape index (κ3) is 8.30. The van der Waals surface area contributed by atoms with Crippen molar-refractivity contribution in [2.75, 3.05) is 13.1 Å². The van der Waals surface area contributed by atoms with Crippen molar-refractivity contribution in [3.63, 3.8) is 0 Å². The molecule has 0 amide bonds. The van der Waals surface area contributed by atoms with Crippen LogP contribution in [0.5, 0.6) is 0 Å². The predicted octanol–water partition coefficient (Wildman–Crippen LogP) is 3.66. The summed E-state index contributed by atoms with van der Waals surface area (Å²) >= 11 is 0. The number of hydrogen-bond acceptors (Lipinski definition) is 2. The lowest BCUT2D eigenvalue weighted by atomic mass is 10.2. The number of unbranched alkanes of at least 4 members (excludes halogenated alkanes) is 2. The molecule has 0 rings (SSSR count). The molecule has 0 aromatic heterocycles. The van der Waals surface area contributed by atoms with Crippen LogP contribution in [0.3, 0.4) is 0 Å². The quantitative estimate of drug-likeness (QED) is 0.545. The lowest BCUT2D eigenvalue weighted by molar-refractivity contribution is -0.329. The number of rotatable bonds is 8. The van der Waals surface area contributed by atoms with Crippen LogP contribution in [0.1, 0.15) is 33.1 Å². The fourth-order valence-electron chi connectivity index (χ4n) is 1.43. The zero-order chi connectivity index (χ0) is 15.1. The molecule has 0 aliphatic rings. The first kappa shape index (κ1) is 18.5. The van der Waals surface area contributed by atoms with Crippen molar-refractivity contribution < 1.29 is 31.1 Å². The van der Waals surface area contributed by atoms with Crippen LogP contribution in [-0.2, 0) is 4.74 Å². The van der Waals surface area contributed by atoms with Crippen molar-refractivity contribution in [1.82, 2.24) is 5.32 Å². The van der Waals surface area contributed by atoms with E-state index < -0.39 is 24.6 Å². The first-order valence-corrected chi connectivity index (χ1v) is 6.08. The second kappa shape index (κ2) is 7.94. The highest BCUT2D eigenvalue weighted by Gasteiger charge is 2.58. The van der Waals surface area contributed by atoms with Gasteiger partial charge in [0, 0.05) is 6.54 Å². The molecule has 1 N–H and O–H groups in total. The number of hydrogen-bond donors (Lipinski definition) is 1. The summed E-state index contributed by atoms with van der Waals surface area (Å²) in [5.74, 6) is 0. The maximum absolute atomic E-state index is 12.2. The topological polar surface area (TPSA) is 21.3 Å². The number of ether oxygens (including phenoxy) is 1. The van der Waals surface area contributed by atoms with Crippen LogP contribution < -0.4 is 5.32 Å². The molecule has 0 radical (unpaired) electrons. The van der Waals surface area contributed by atoms with E-state index in [4.69, 9.17) is 0 Å². The molecule has 0 saturated carbocycles. The van der Waals surface area contributed by atoms with Gasteiger partial charge in [-0.25, -0.2) is 0 Å². The van der Waals surface area contributed by atoms with E-state index in [2.05, 4.69) is 10.1 Å². The average molecular weight is 295 g/mol. The van der Waals surface area contributed by atoms with E-state index in [1.165, 1.54) is 6.92 Å². The van der Waals surface area contributed by atoms with E-state index in [0.29, 0.717) is 6.54 Å². The molecule has 116 valence electrons. The van der Waals surface area contributed by atoms with Gasteiger partial charge in [-0.1, -0.05) is 19.8 Å². The summed E-state index contributed by atoms with van der Waals surface area (Å²) in [5.41, 5.74) is 0. The van der Waals surface area contributed by atoms with Crippen LogP contribution in [0.25, 0.3) is 0 Å². The number of halogens is 6. The lowest BCUT2D eigenvalue weighted by Crippen LogP contribution is -2.47. The summed E-state index contributed by atoms with van der Waals surface area (Å²) in [7, 11) is 0. The van der Waals surface area contributed by atoms with Gasteiger partial charge in [-0.2, -0.15) is 26.3 Å². The molecular formula is C11H19F6NO. The molecule has 1 unspecified atom stereocenters. The van der Waals surface area contributed by atoms with Crippen molar-refractivity contribution in [3.05, 3.63) is 0 Å². The molecule has 0 aromatic carbocycles. The van der Waals surface area contributed by atoms with Gasteiger partial charge in [0.25, 0.3) is 0 Å². The first-order valence-electron chi connectivity index (χ1n) is 6.08. The van der Waals surface area contributed by atoms with Gasteiger partial charge in [0.2, 0.25) is 6.10 Å². The zero-order valence-electron chi connectivity index (χ0n) is 10.9. The van der Waals surface area contributed by atoms with Gasteiger partial charge in [-0.3, -0.25) is 0 Å². The van der Waals surface area contributed by atoms with Gasteiger partial charge in [0.15, 0.2) is 0 Å². The van der Waals surface area contributed by atoms with Crippen molar-refractivity contribution in [2.24, 2.45) is 0 Å². The average Bonchev–Trinajstić information content (AvgIpc) is 2.22. The Labute approximate surface area is 108 Å². The number of nitrogens with one attached hydrogen (secondary N) is 1. The predicted molar refractivity (Wildman–Crippen MR) is 58.8 cm³/mol. The molecule has 0 aliphatic carbocycles. The Morgan fingerprint density at radius 3 is 1.95 bits per heavy atom. The molecule has 0 bridgehead atoms. The molecule has 0 heterocycles. The van der Waals surface area contributed by atoms with E-state index >= 15 is 0 Å². The first-order chi connectivity index (χ1) is 8.59. The second-order valence-corrected chi connectivity index (χ2v) is 4.32. The van der Waals surface area contributed by atoms with Crippen molar-refractivity contribution in [1.29, 1.82) is 0 Å². The van der Waals surface area contributed by atoms with E-state index in [9.17, 15) is 26.3 Å². The molecule has 19 heavy (non-hydrogen) atoms. The van der Waals surface area contributed by atoms with E-state index in [0.717, 1.165) is 19.3 Å². The smallest absolute Gasteiger partial charge is 0.357 e. The van der Waals surface area contributed by atoms with Crippen LogP contribution in [-0.4, -0.2) is 37.7 Å². The van der Waals surface area contributed by atoms with Gasteiger partial charge in [0.05, 0.1) is 6.10 Å². The third-order valence-corrected chi connectivity index (χ3v) is 2.35. The van der Waals surface area contributed by atoms with Crippen LogP contribution in [0.2, 0.25) is 0 Å². The minimum atomic E-state index is -5.45. The Kier molecular flexibility index (Phi) is 7.73. The van der Waals surface area contributed by atoms with E-state index in [-0.39, 0.29) is 6.54 Å². The van der Waals surface area contributed by atoms with Crippen LogP contribution in [0.15, 0.2) is 0 Å². The minimum Gasteiger partial charge on any atom is -0.357 e. The van der Waals surface area contributed by atoms with Gasteiger partial charge in [-0.05, 0) is 19.9 Å². The highest BCUT2D eigenvalue weighted by atomic mass is 19.4. The molecule has 0 fully saturated rings. The Morgan fingerprint density at radius 2 is 1.53 bits per heavy atom. The summed E-state index contributed by atoms with van der Waals surface area (Å²) in [6.07, 6.45) is -13.0. The van der Waals surface area contributed by atoms with Crippen molar-refractivity contribution in [2.45, 2.75) is 57.7 Å². The summed E-state index contributed by atoms with van der Waals surface area (Å²) in [6.45, 7) is 3.66. The molecule has 0 spiro atoms. The van der Waals surface area contributed by atoms with Crippen LogP contribution in [0, 0.1) is 0 Å². The van der Waals surface area contributed by atoms with Crippen molar-refractivity contribution >= 4 is 0 Å². The molecule has 8 heteroatoms. The summed E-state index contributed by atoms with van der Waals surface area (Å²) in [5, 5.41) is 2.77. The molecule has 0 aliphatic heterocycles. The number of alkyl halides is 6. The standard InChI is InChI=1S/C11H19F6NO/c1-3-4-5-6-18-7-8(2)19-9(10(12,13)14)11(15,16)17/h8-9,18H,3-7H2,1-2H3. The Hall–Kier alpha value is -0.500. The molecule has 2 nitrogen and oxygen atoms in total. The zero-order valence-corrected chi connectivity index (χ0v) is 10.9. The summed E-state index contributed by atoms with van der Waals surface area (Å²) in [6, 6.07) is 0. The van der Waals surface area contributed by atoms with E-state index in [1.807, 2.05) is 6.92 Å². The molecule has 0 aromatic rings. The SMILES string of the molecule is CCCCCNCC(C)OC(C(F)(F)F)C(F)(F)F. The van der Waals surface area contributed by atoms with E-state index in [1.54, 1.807) is 0 Å². The largest absolute Gasteiger partial charge is 0.423 e. The highest BCUT2D eigenvalue weighted by Crippen LogP contribution is 2.36. The maximum atomic E-state index is 12.2. The van der Waals surface area contributed by atoms with Crippen LogP contribution in [0.4, 0.5) is 26.3 Å². The van der Waals surface area contributed by atoms with Crippen LogP contribution >= 0.6 is 0 Å². The lowest BCUT2D eigenvalue weighted by Gasteiger charge is -2.26. The molecule has 0 saturated heterocycles. The second-order valence-electron chi connectivity index (χ2n) is 4.32. The molecular weight excluding hydrogens is 276 g/mol. The van der Waals surface area contributed by atoms with Gasteiger partial charge < -0.3 is 10.1 Å². The van der Waals surface area contributed by atoms with Gasteiger partial charge >= 0.3 is 12.4 Å². The monoisotopic (exact) mass is 295 g/mol. The maximum Gasteiger partial charge on any atom is 0.423 e. The van der Waals surface area contributed by atoms with Gasteiger partial charge in [0.1, 0.15) is 0 Å². The minimum absolute atomic E-state index is 0.0492. The summed E-state index contributed by atoms with van der Waals surface area (Å²) < 4.78 is 77.3. The highest BCUT2D eigenvalue weighted by molar-refractivity contribution is 4.77. The van der Waals surface area contributed by atoms with Gasteiger partial charge in [-0.15, -0.1) is 0 Å². The molecule has 1 atom stereocenters. The Bertz CT molecular complexity index is 226. The summed E-state index contributed by atoms with van der Waals surface area (Å²) in [4.78, 5) is 0. The fraction of sp³-hybridized carbons (Fsp3) is 1.00. The third-order valence-electron chi connectivity index (χ3n) is 2.35. The Morgan fingerprint density at radius 1 is 1.00 bits per heavy atom. The van der Waals surface area contributed by atoms with Crippen molar-refractivity contribution in [3.8, 4) is 0 Å². The fourth-order valence-corrected chi connectivity index (χ4v) is 1.43. The normalized spacial score (nSPS) is 15.0. The Balaban J connectivity index is 4.15.